The summed E-state index contributed by atoms with van der Waals surface area (Å²) in [4.78, 5) is 28.1. The van der Waals surface area contributed by atoms with Crippen molar-refractivity contribution in [2.24, 2.45) is 0 Å². The second-order valence-corrected chi connectivity index (χ2v) is 7.90. The Kier molecular flexibility index (Phi) is 5.92. The van der Waals surface area contributed by atoms with E-state index in [4.69, 9.17) is 16.0 Å². The predicted molar refractivity (Wildman–Crippen MR) is 110 cm³/mol. The van der Waals surface area contributed by atoms with Gasteiger partial charge in [0.05, 0.1) is 6.26 Å². The number of rotatable bonds is 6. The van der Waals surface area contributed by atoms with Gasteiger partial charge in [0, 0.05) is 22.1 Å². The molecule has 1 aliphatic rings. The van der Waals surface area contributed by atoms with Gasteiger partial charge in [0.2, 0.25) is 0 Å². The van der Waals surface area contributed by atoms with Crippen LogP contribution in [0.25, 0.3) is 0 Å². The lowest BCUT2D eigenvalue weighted by Crippen LogP contribution is -2.46. The Labute approximate surface area is 176 Å². The molecule has 2 heterocycles. The smallest absolute Gasteiger partial charge is 0.280 e. The Morgan fingerprint density at radius 1 is 1.24 bits per heavy atom. The number of halogens is 1. The molecule has 29 heavy (non-hydrogen) atoms. The Hall–Kier alpha value is -2.71. The topological polar surface area (TPSA) is 88.3 Å². The van der Waals surface area contributed by atoms with Crippen LogP contribution in [0.3, 0.4) is 0 Å². The molecule has 150 valence electrons. The number of hydrogen-bond acceptors (Lipinski definition) is 6. The standard InChI is InChI=1S/C20H19ClN4O3S/c21-13-5-3-8-15(11-13)25(20(27)16-12-29-24-23-16)18(17-9-4-10-28-17)19(26)22-14-6-1-2-7-14/h3-5,8-12,14,18H,1-2,6-7H2,(H,22,26). The molecular formula is C20H19ClN4O3S. The average Bonchev–Trinajstić information content (AvgIpc) is 3.49. The Morgan fingerprint density at radius 2 is 2.07 bits per heavy atom. The average molecular weight is 431 g/mol. The molecule has 1 unspecified atom stereocenters. The van der Waals surface area contributed by atoms with Crippen LogP contribution in [-0.2, 0) is 4.79 Å². The summed E-state index contributed by atoms with van der Waals surface area (Å²) in [6.07, 6.45) is 5.50. The van der Waals surface area contributed by atoms with Crippen LogP contribution >= 0.6 is 23.1 Å². The van der Waals surface area contributed by atoms with Crippen molar-refractivity contribution >= 4 is 40.6 Å². The summed E-state index contributed by atoms with van der Waals surface area (Å²) in [6.45, 7) is 0. The van der Waals surface area contributed by atoms with Gasteiger partial charge in [-0.25, -0.2) is 0 Å². The van der Waals surface area contributed by atoms with Gasteiger partial charge in [-0.15, -0.1) is 5.10 Å². The predicted octanol–water partition coefficient (Wildman–Crippen LogP) is 4.23. The van der Waals surface area contributed by atoms with Crippen molar-refractivity contribution in [1.82, 2.24) is 14.9 Å². The molecule has 0 bridgehead atoms. The SMILES string of the molecule is O=C(NC1CCCC1)C(c1ccco1)N(C(=O)c1csnn1)c1cccc(Cl)c1. The van der Waals surface area contributed by atoms with E-state index >= 15 is 0 Å². The quantitative estimate of drug-likeness (QED) is 0.632. The molecule has 3 aromatic rings. The molecule has 0 spiro atoms. The minimum absolute atomic E-state index is 0.0946. The molecular weight excluding hydrogens is 412 g/mol. The van der Waals surface area contributed by atoms with Crippen molar-refractivity contribution in [2.45, 2.75) is 37.8 Å². The molecule has 0 radical (unpaired) electrons. The van der Waals surface area contributed by atoms with Crippen LogP contribution < -0.4 is 10.2 Å². The number of hydrogen-bond donors (Lipinski definition) is 1. The normalized spacial score (nSPS) is 15.2. The van der Waals surface area contributed by atoms with Crippen LogP contribution in [0.2, 0.25) is 5.02 Å². The van der Waals surface area contributed by atoms with Crippen molar-refractivity contribution in [2.75, 3.05) is 4.90 Å². The van der Waals surface area contributed by atoms with Gasteiger partial charge in [0.15, 0.2) is 11.7 Å². The van der Waals surface area contributed by atoms with E-state index in [1.165, 1.54) is 11.2 Å². The number of furan rings is 1. The largest absolute Gasteiger partial charge is 0.467 e. The summed E-state index contributed by atoms with van der Waals surface area (Å²) in [5, 5.41) is 8.97. The molecule has 2 amide bonds. The van der Waals surface area contributed by atoms with Gasteiger partial charge in [-0.1, -0.05) is 35.0 Å². The van der Waals surface area contributed by atoms with Crippen molar-refractivity contribution in [3.8, 4) is 0 Å². The summed E-state index contributed by atoms with van der Waals surface area (Å²) < 4.78 is 9.34. The minimum atomic E-state index is -1.00. The summed E-state index contributed by atoms with van der Waals surface area (Å²) in [6, 6.07) is 9.26. The zero-order chi connectivity index (χ0) is 20.2. The first-order valence-electron chi connectivity index (χ1n) is 9.33. The lowest BCUT2D eigenvalue weighted by Gasteiger charge is -2.30. The van der Waals surface area contributed by atoms with Crippen LogP contribution in [0.5, 0.6) is 0 Å². The molecule has 1 aromatic carbocycles. The first-order chi connectivity index (χ1) is 14.1. The highest BCUT2D eigenvalue weighted by Gasteiger charge is 2.37. The van der Waals surface area contributed by atoms with E-state index in [9.17, 15) is 9.59 Å². The molecule has 2 aromatic heterocycles. The molecule has 0 aliphatic heterocycles. The highest BCUT2D eigenvalue weighted by molar-refractivity contribution is 7.03. The van der Waals surface area contributed by atoms with E-state index in [2.05, 4.69) is 14.9 Å². The van der Waals surface area contributed by atoms with E-state index in [1.54, 1.807) is 41.8 Å². The number of nitrogens with one attached hydrogen (secondary N) is 1. The number of amides is 2. The number of carbonyl (C=O) groups excluding carboxylic acids is 2. The third-order valence-corrected chi connectivity index (χ3v) is 5.64. The number of carbonyl (C=O) groups is 2. The van der Waals surface area contributed by atoms with Gasteiger partial charge in [-0.05, 0) is 54.7 Å². The molecule has 7 nitrogen and oxygen atoms in total. The Bertz CT molecular complexity index is 972. The fourth-order valence-corrected chi connectivity index (χ4v) is 4.18. The lowest BCUT2D eigenvalue weighted by molar-refractivity contribution is -0.123. The van der Waals surface area contributed by atoms with Crippen molar-refractivity contribution in [1.29, 1.82) is 0 Å². The molecule has 1 saturated carbocycles. The van der Waals surface area contributed by atoms with Gasteiger partial charge in [-0.3, -0.25) is 14.5 Å². The Balaban J connectivity index is 1.77. The maximum Gasteiger partial charge on any atom is 0.280 e. The third kappa shape index (κ3) is 4.33. The zero-order valence-corrected chi connectivity index (χ0v) is 17.0. The number of benzene rings is 1. The summed E-state index contributed by atoms with van der Waals surface area (Å²) in [5.74, 6) is -0.399. The second kappa shape index (κ2) is 8.75. The van der Waals surface area contributed by atoms with E-state index in [0.717, 1.165) is 37.2 Å². The number of aromatic nitrogens is 2. The monoisotopic (exact) mass is 430 g/mol. The lowest BCUT2D eigenvalue weighted by atomic mass is 10.1. The maximum absolute atomic E-state index is 13.4. The van der Waals surface area contributed by atoms with Crippen LogP contribution in [0, 0.1) is 0 Å². The maximum atomic E-state index is 13.4. The van der Waals surface area contributed by atoms with Gasteiger partial charge in [-0.2, -0.15) is 0 Å². The Morgan fingerprint density at radius 3 is 2.72 bits per heavy atom. The van der Waals surface area contributed by atoms with Gasteiger partial charge in [0.25, 0.3) is 11.8 Å². The molecule has 1 aliphatic carbocycles. The van der Waals surface area contributed by atoms with Crippen LogP contribution in [0.1, 0.15) is 48.0 Å². The zero-order valence-electron chi connectivity index (χ0n) is 15.5. The van der Waals surface area contributed by atoms with E-state index in [-0.39, 0.29) is 17.6 Å². The second-order valence-electron chi connectivity index (χ2n) is 6.85. The van der Waals surface area contributed by atoms with Crippen LogP contribution in [0.15, 0.2) is 52.5 Å². The fraction of sp³-hybridized carbons (Fsp3) is 0.300. The highest BCUT2D eigenvalue weighted by atomic mass is 35.5. The van der Waals surface area contributed by atoms with Crippen molar-refractivity contribution < 1.29 is 14.0 Å². The molecule has 1 atom stereocenters. The minimum Gasteiger partial charge on any atom is -0.467 e. The highest BCUT2D eigenvalue weighted by Crippen LogP contribution is 2.32. The van der Waals surface area contributed by atoms with E-state index in [0.29, 0.717) is 16.5 Å². The molecule has 1 fully saturated rings. The van der Waals surface area contributed by atoms with Gasteiger partial charge < -0.3 is 9.73 Å². The van der Waals surface area contributed by atoms with E-state index in [1.807, 2.05) is 0 Å². The first-order valence-corrected chi connectivity index (χ1v) is 10.5. The summed E-state index contributed by atoms with van der Waals surface area (Å²) in [7, 11) is 0. The van der Waals surface area contributed by atoms with E-state index < -0.39 is 11.9 Å². The molecule has 0 saturated heterocycles. The number of anilines is 1. The summed E-state index contributed by atoms with van der Waals surface area (Å²) >= 11 is 7.25. The molecule has 9 heteroatoms. The molecule has 1 N–H and O–H groups in total. The van der Waals surface area contributed by atoms with Crippen LogP contribution in [-0.4, -0.2) is 27.4 Å². The van der Waals surface area contributed by atoms with Crippen molar-refractivity contribution in [3.05, 3.63) is 64.5 Å². The first kappa shape index (κ1) is 19.6. The number of nitrogens with zero attached hydrogens (tertiary/aromatic N) is 3. The third-order valence-electron chi connectivity index (χ3n) is 4.91. The fourth-order valence-electron chi connectivity index (χ4n) is 3.56. The van der Waals surface area contributed by atoms with Crippen molar-refractivity contribution in [3.63, 3.8) is 0 Å². The van der Waals surface area contributed by atoms with Gasteiger partial charge >= 0.3 is 0 Å². The van der Waals surface area contributed by atoms with Crippen LogP contribution in [0.4, 0.5) is 5.69 Å². The molecule has 4 rings (SSSR count). The van der Waals surface area contributed by atoms with Gasteiger partial charge in [0.1, 0.15) is 5.76 Å². The summed E-state index contributed by atoms with van der Waals surface area (Å²) in [5.41, 5.74) is 0.624.